The Labute approximate surface area is 273 Å². The fourth-order valence-corrected chi connectivity index (χ4v) is 7.48. The molecular formula is C30H48FN5O7S2. The van der Waals surface area contributed by atoms with Crippen LogP contribution in [0.4, 0.5) is 10.2 Å². The number of rotatable bonds is 20. The number of thioether (sulfide) groups is 2. The molecule has 0 aliphatic heterocycles. The number of carboxylic acid groups (broad SMARTS) is 1. The van der Waals surface area contributed by atoms with E-state index in [1.54, 1.807) is 25.6 Å². The van der Waals surface area contributed by atoms with E-state index >= 15 is 0 Å². The minimum atomic E-state index is -1.47. The van der Waals surface area contributed by atoms with Crippen molar-refractivity contribution in [2.24, 2.45) is 10.9 Å². The molecule has 1 saturated carbocycles. The molecule has 0 radical (unpaired) electrons. The minimum absolute atomic E-state index is 0.00787. The number of amides is 1. The third-order valence-electron chi connectivity index (χ3n) is 6.95. The zero-order valence-corrected chi connectivity index (χ0v) is 28.8. The number of carbonyl (C=O) groups is 3. The van der Waals surface area contributed by atoms with Gasteiger partial charge < -0.3 is 25.2 Å². The van der Waals surface area contributed by atoms with Crippen molar-refractivity contribution in [3.8, 4) is 0 Å². The highest BCUT2D eigenvalue weighted by molar-refractivity contribution is 8.04. The molecule has 15 heteroatoms. The van der Waals surface area contributed by atoms with Crippen molar-refractivity contribution in [3.63, 3.8) is 0 Å². The molecule has 1 heterocycles. The van der Waals surface area contributed by atoms with Gasteiger partial charge in [0.2, 0.25) is 0 Å². The number of aromatic nitrogens is 2. The van der Waals surface area contributed by atoms with Gasteiger partial charge in [0.15, 0.2) is 12.8 Å². The van der Waals surface area contributed by atoms with Crippen molar-refractivity contribution in [2.45, 2.75) is 109 Å². The van der Waals surface area contributed by atoms with Crippen molar-refractivity contribution in [1.82, 2.24) is 14.9 Å². The smallest absolute Gasteiger partial charge is 0.351 e. The summed E-state index contributed by atoms with van der Waals surface area (Å²) in [6.45, 7) is 12.3. The highest BCUT2D eigenvalue weighted by Gasteiger charge is 2.33. The van der Waals surface area contributed by atoms with Crippen LogP contribution in [0.2, 0.25) is 0 Å². The molecule has 3 N–H and O–H groups in total. The zero-order chi connectivity index (χ0) is 33.7. The van der Waals surface area contributed by atoms with Crippen LogP contribution in [-0.2, 0) is 23.9 Å². The molecule has 0 aromatic carbocycles. The Morgan fingerprint density at radius 1 is 1.13 bits per heavy atom. The van der Waals surface area contributed by atoms with E-state index in [0.29, 0.717) is 16.3 Å². The number of carboxylic acids is 1. The highest BCUT2D eigenvalue weighted by Crippen LogP contribution is 2.41. The SMILES string of the molecule is CC(=NCCC(=O)OCC(=O)Nc1ccn(C(OC(C)C)C(C)F)c(=O)n1)C(C)CSC1CCC1SCC(NC(C)C)C(=O)O. The summed E-state index contributed by atoms with van der Waals surface area (Å²) in [7, 11) is 0. The first-order valence-electron chi connectivity index (χ1n) is 15.2. The first-order chi connectivity index (χ1) is 21.2. The first kappa shape index (κ1) is 38.7. The lowest BCUT2D eigenvalue weighted by Crippen LogP contribution is -2.44. The Hall–Kier alpha value is -2.49. The summed E-state index contributed by atoms with van der Waals surface area (Å²) in [5.74, 6) is -0.498. The van der Waals surface area contributed by atoms with Crippen LogP contribution in [0.3, 0.4) is 0 Å². The second kappa shape index (κ2) is 19.2. The molecule has 1 aromatic rings. The number of hydrogen-bond donors (Lipinski definition) is 3. The van der Waals surface area contributed by atoms with Crippen molar-refractivity contribution in [2.75, 3.05) is 30.0 Å². The number of esters is 1. The van der Waals surface area contributed by atoms with E-state index in [1.807, 2.05) is 32.5 Å². The van der Waals surface area contributed by atoms with Crippen LogP contribution in [-0.4, -0.2) is 97.7 Å². The lowest BCUT2D eigenvalue weighted by molar-refractivity contribution is -0.147. The third-order valence-corrected chi connectivity index (χ3v) is 10.3. The average Bonchev–Trinajstić information content (AvgIpc) is 2.93. The van der Waals surface area contributed by atoms with E-state index in [1.165, 1.54) is 19.2 Å². The molecule has 12 nitrogen and oxygen atoms in total. The Kier molecular flexibility index (Phi) is 16.5. The number of carbonyl (C=O) groups excluding carboxylic acids is 2. The fourth-order valence-electron chi connectivity index (χ4n) is 4.25. The summed E-state index contributed by atoms with van der Waals surface area (Å²) in [5.41, 5.74) is 0.128. The van der Waals surface area contributed by atoms with Crippen LogP contribution < -0.4 is 16.3 Å². The number of aliphatic imine (C=N–C) groups is 1. The molecule has 0 saturated heterocycles. The highest BCUT2D eigenvalue weighted by atomic mass is 32.2. The zero-order valence-electron chi connectivity index (χ0n) is 27.2. The lowest BCUT2D eigenvalue weighted by Gasteiger charge is -2.37. The second-order valence-corrected chi connectivity index (χ2v) is 14.2. The number of hydrogen-bond acceptors (Lipinski definition) is 11. The number of nitrogens with one attached hydrogen (secondary N) is 2. The maximum absolute atomic E-state index is 14.0. The average molecular weight is 674 g/mol. The monoisotopic (exact) mass is 673 g/mol. The number of alkyl halides is 1. The molecule has 2 rings (SSSR count). The maximum atomic E-state index is 14.0. The van der Waals surface area contributed by atoms with Gasteiger partial charge in [-0.2, -0.15) is 28.5 Å². The van der Waals surface area contributed by atoms with Gasteiger partial charge in [0, 0.05) is 52.4 Å². The molecular weight excluding hydrogens is 625 g/mol. The Bertz CT molecular complexity index is 1210. The molecule has 1 amide bonds. The predicted octanol–water partition coefficient (Wildman–Crippen LogP) is 3.94. The molecule has 0 bridgehead atoms. The minimum Gasteiger partial charge on any atom is -0.480 e. The summed E-state index contributed by atoms with van der Waals surface area (Å²) in [4.78, 5) is 56.5. The molecule has 1 fully saturated rings. The number of anilines is 1. The molecule has 6 unspecified atom stereocenters. The number of aliphatic carboxylic acids is 1. The molecule has 0 spiro atoms. The summed E-state index contributed by atoms with van der Waals surface area (Å²) < 4.78 is 25.5. The third kappa shape index (κ3) is 13.8. The van der Waals surface area contributed by atoms with Crippen LogP contribution in [0.25, 0.3) is 0 Å². The van der Waals surface area contributed by atoms with Gasteiger partial charge >= 0.3 is 17.6 Å². The van der Waals surface area contributed by atoms with Crippen molar-refractivity contribution in [1.29, 1.82) is 0 Å². The second-order valence-electron chi connectivity index (χ2n) is 11.7. The lowest BCUT2D eigenvalue weighted by atomic mass is 9.99. The van der Waals surface area contributed by atoms with E-state index in [9.17, 15) is 28.7 Å². The number of nitrogens with zero attached hydrogens (tertiary/aromatic N) is 3. The molecule has 254 valence electrons. The van der Waals surface area contributed by atoms with E-state index in [4.69, 9.17) is 9.47 Å². The Morgan fingerprint density at radius 3 is 2.31 bits per heavy atom. The summed E-state index contributed by atoms with van der Waals surface area (Å²) >= 11 is 3.61. The maximum Gasteiger partial charge on any atom is 0.351 e. The van der Waals surface area contributed by atoms with Crippen LogP contribution in [0.1, 0.15) is 74.0 Å². The summed E-state index contributed by atoms with van der Waals surface area (Å²) in [6.07, 6.45) is 0.561. The predicted molar refractivity (Wildman–Crippen MR) is 177 cm³/mol. The number of ether oxygens (including phenoxy) is 2. The molecule has 6 atom stereocenters. The van der Waals surface area contributed by atoms with Gasteiger partial charge in [0.1, 0.15) is 18.0 Å². The first-order valence-corrected chi connectivity index (χ1v) is 17.3. The normalized spacial score (nSPS) is 19.5. The van der Waals surface area contributed by atoms with Gasteiger partial charge in [-0.1, -0.05) is 20.8 Å². The van der Waals surface area contributed by atoms with Gasteiger partial charge in [-0.05, 0) is 46.6 Å². The standard InChI is InChI=1S/C30H48FN5O7S2/c1-17(2)33-22(29(39)40)16-45-24-9-8-23(24)44-15-19(5)21(7)32-12-10-27(38)42-14-26(37)34-25-11-13-36(30(41)35-25)28(20(6)31)43-18(3)4/h11,13,17-20,22-24,28,33H,8-10,12,14-16H2,1-7H3,(H,39,40)(H,34,35,37,41). The van der Waals surface area contributed by atoms with Crippen LogP contribution in [0.15, 0.2) is 22.1 Å². The van der Waals surface area contributed by atoms with Crippen molar-refractivity contribution < 1.29 is 33.4 Å². The van der Waals surface area contributed by atoms with Crippen LogP contribution >= 0.6 is 23.5 Å². The van der Waals surface area contributed by atoms with Crippen molar-refractivity contribution >= 4 is 52.9 Å². The fraction of sp³-hybridized carbons (Fsp3) is 0.733. The van der Waals surface area contributed by atoms with Gasteiger partial charge in [-0.3, -0.25) is 23.9 Å². The largest absolute Gasteiger partial charge is 0.480 e. The van der Waals surface area contributed by atoms with E-state index in [-0.39, 0.29) is 36.8 Å². The quantitative estimate of drug-likeness (QED) is 0.136. The Balaban J connectivity index is 1.71. The summed E-state index contributed by atoms with van der Waals surface area (Å²) in [6, 6.07) is 0.899. The van der Waals surface area contributed by atoms with Gasteiger partial charge in [0.25, 0.3) is 5.91 Å². The van der Waals surface area contributed by atoms with E-state index in [2.05, 4.69) is 27.5 Å². The van der Waals surface area contributed by atoms with E-state index in [0.717, 1.165) is 28.9 Å². The number of halogens is 1. The van der Waals surface area contributed by atoms with Gasteiger partial charge in [-0.15, -0.1) is 0 Å². The van der Waals surface area contributed by atoms with E-state index < -0.39 is 48.6 Å². The topological polar surface area (TPSA) is 161 Å². The van der Waals surface area contributed by atoms with Gasteiger partial charge in [0.05, 0.1) is 12.5 Å². The molecule has 1 aliphatic rings. The van der Waals surface area contributed by atoms with Crippen molar-refractivity contribution in [3.05, 3.63) is 22.7 Å². The molecule has 1 aliphatic carbocycles. The summed E-state index contributed by atoms with van der Waals surface area (Å²) in [5, 5.41) is 15.9. The molecule has 45 heavy (non-hydrogen) atoms. The van der Waals surface area contributed by atoms with Crippen LogP contribution in [0.5, 0.6) is 0 Å². The van der Waals surface area contributed by atoms with Gasteiger partial charge in [-0.25, -0.2) is 9.18 Å². The Morgan fingerprint density at radius 2 is 1.78 bits per heavy atom. The molecule has 1 aromatic heterocycles. The van der Waals surface area contributed by atoms with Crippen LogP contribution in [0, 0.1) is 5.92 Å².